The lowest BCUT2D eigenvalue weighted by molar-refractivity contribution is -0.124. The third-order valence-corrected chi connectivity index (χ3v) is 4.63. The molecule has 0 aromatic heterocycles. The van der Waals surface area contributed by atoms with Gasteiger partial charge in [-0.2, -0.15) is 0 Å². The smallest absolute Gasteiger partial charge is 0.254 e. The molecule has 2 amide bonds. The minimum absolute atomic E-state index is 0.0765. The van der Waals surface area contributed by atoms with Crippen molar-refractivity contribution in [3.8, 4) is 5.75 Å². The van der Waals surface area contributed by atoms with Crippen LogP contribution in [-0.2, 0) is 4.79 Å². The first-order valence-corrected chi connectivity index (χ1v) is 9.05. The van der Waals surface area contributed by atoms with Crippen molar-refractivity contribution in [3.05, 3.63) is 65.5 Å². The predicted octanol–water partition coefficient (Wildman–Crippen LogP) is 3.22. The van der Waals surface area contributed by atoms with Crippen molar-refractivity contribution in [1.82, 2.24) is 10.6 Å². The number of carbonyl (C=O) groups is 2. The summed E-state index contributed by atoms with van der Waals surface area (Å²) >= 11 is 0. The number of benzene rings is 2. The molecule has 0 aliphatic carbocycles. The van der Waals surface area contributed by atoms with Crippen LogP contribution in [0.25, 0.3) is 0 Å². The van der Waals surface area contributed by atoms with Gasteiger partial charge in [-0.1, -0.05) is 44.2 Å². The van der Waals surface area contributed by atoms with E-state index in [1.807, 2.05) is 38.1 Å². The Kier molecular flexibility index (Phi) is 5.74. The molecule has 0 radical (unpaired) electrons. The largest absolute Gasteiger partial charge is 0.493 e. The van der Waals surface area contributed by atoms with Crippen LogP contribution in [0, 0.1) is 11.7 Å². The molecule has 6 heteroatoms. The highest BCUT2D eigenvalue weighted by molar-refractivity contribution is 5.97. The number of halogens is 1. The molecule has 0 unspecified atom stereocenters. The van der Waals surface area contributed by atoms with Crippen LogP contribution in [-0.4, -0.2) is 24.5 Å². The van der Waals surface area contributed by atoms with Gasteiger partial charge >= 0.3 is 0 Å². The lowest BCUT2D eigenvalue weighted by Crippen LogP contribution is -2.51. The molecule has 0 fully saturated rings. The first-order chi connectivity index (χ1) is 13.0. The monoisotopic (exact) mass is 370 g/mol. The normalized spacial score (nSPS) is 16.8. The number of hydrogen-bond acceptors (Lipinski definition) is 3. The average Bonchev–Trinajstić information content (AvgIpc) is 2.66. The van der Waals surface area contributed by atoms with Crippen LogP contribution < -0.4 is 15.4 Å². The predicted molar refractivity (Wildman–Crippen MR) is 99.9 cm³/mol. The Balaban J connectivity index is 1.73. The SMILES string of the molecule is CC(C)[C@H](NC(=O)c1ccccc1F)C(=O)N[C@H]1CCOc2ccccc21. The molecule has 3 rings (SSSR count). The highest BCUT2D eigenvalue weighted by atomic mass is 19.1. The van der Waals surface area contributed by atoms with Crippen LogP contribution in [0.5, 0.6) is 5.75 Å². The van der Waals surface area contributed by atoms with Crippen LogP contribution in [0.15, 0.2) is 48.5 Å². The van der Waals surface area contributed by atoms with Gasteiger partial charge < -0.3 is 15.4 Å². The molecule has 1 aliphatic heterocycles. The fraction of sp³-hybridized carbons (Fsp3) is 0.333. The Morgan fingerprint density at radius 3 is 2.56 bits per heavy atom. The summed E-state index contributed by atoms with van der Waals surface area (Å²) in [5.74, 6) is -0.914. The van der Waals surface area contributed by atoms with E-state index in [1.165, 1.54) is 18.2 Å². The van der Waals surface area contributed by atoms with Gasteiger partial charge in [0, 0.05) is 12.0 Å². The number of ether oxygens (including phenoxy) is 1. The number of fused-ring (bicyclic) bond motifs is 1. The van der Waals surface area contributed by atoms with Gasteiger partial charge in [-0.05, 0) is 24.1 Å². The molecule has 5 nitrogen and oxygen atoms in total. The summed E-state index contributed by atoms with van der Waals surface area (Å²) in [4.78, 5) is 25.3. The fourth-order valence-corrected chi connectivity index (χ4v) is 3.15. The van der Waals surface area contributed by atoms with E-state index in [0.717, 1.165) is 11.3 Å². The van der Waals surface area contributed by atoms with E-state index in [4.69, 9.17) is 4.74 Å². The van der Waals surface area contributed by atoms with Gasteiger partial charge in [0.1, 0.15) is 17.6 Å². The molecule has 1 aliphatic rings. The Morgan fingerprint density at radius 2 is 1.81 bits per heavy atom. The van der Waals surface area contributed by atoms with Crippen molar-refractivity contribution in [1.29, 1.82) is 0 Å². The molecule has 0 spiro atoms. The highest BCUT2D eigenvalue weighted by Gasteiger charge is 2.29. The Hall–Kier alpha value is -2.89. The van der Waals surface area contributed by atoms with Crippen molar-refractivity contribution in [3.63, 3.8) is 0 Å². The van der Waals surface area contributed by atoms with E-state index in [2.05, 4.69) is 10.6 Å². The third kappa shape index (κ3) is 4.27. The standard InChI is InChI=1S/C21H23FN2O3/c1-13(2)19(24-20(25)14-7-3-5-9-16(14)22)21(26)23-17-11-12-27-18-10-6-4-8-15(17)18/h3-10,13,17,19H,11-12H2,1-2H3,(H,23,26)(H,24,25)/t17-,19-/m0/s1. The Bertz CT molecular complexity index is 838. The number of hydrogen-bond donors (Lipinski definition) is 2. The van der Waals surface area contributed by atoms with Gasteiger partial charge in [0.2, 0.25) is 5.91 Å². The van der Waals surface area contributed by atoms with Crippen molar-refractivity contribution in [2.75, 3.05) is 6.61 Å². The van der Waals surface area contributed by atoms with Crippen molar-refractivity contribution in [2.45, 2.75) is 32.4 Å². The van der Waals surface area contributed by atoms with Crippen molar-refractivity contribution < 1.29 is 18.7 Å². The second-order valence-electron chi connectivity index (χ2n) is 6.91. The molecule has 0 saturated heterocycles. The zero-order chi connectivity index (χ0) is 19.4. The molecular formula is C21H23FN2O3. The zero-order valence-electron chi connectivity index (χ0n) is 15.4. The number of amides is 2. The quantitative estimate of drug-likeness (QED) is 0.849. The maximum Gasteiger partial charge on any atom is 0.254 e. The van der Waals surface area contributed by atoms with Crippen LogP contribution in [0.2, 0.25) is 0 Å². The Morgan fingerprint density at radius 1 is 1.11 bits per heavy atom. The summed E-state index contributed by atoms with van der Waals surface area (Å²) in [6, 6.07) is 12.3. The summed E-state index contributed by atoms with van der Waals surface area (Å²) < 4.78 is 19.5. The summed E-state index contributed by atoms with van der Waals surface area (Å²) in [5, 5.41) is 5.67. The van der Waals surface area contributed by atoms with Gasteiger partial charge in [-0.25, -0.2) is 4.39 Å². The second-order valence-corrected chi connectivity index (χ2v) is 6.91. The summed E-state index contributed by atoms with van der Waals surface area (Å²) in [5.41, 5.74) is 0.840. The molecular weight excluding hydrogens is 347 g/mol. The van der Waals surface area contributed by atoms with Crippen molar-refractivity contribution in [2.24, 2.45) is 5.92 Å². The number of carbonyl (C=O) groups excluding carboxylic acids is 2. The fourth-order valence-electron chi connectivity index (χ4n) is 3.15. The zero-order valence-corrected chi connectivity index (χ0v) is 15.4. The van der Waals surface area contributed by atoms with E-state index >= 15 is 0 Å². The van der Waals surface area contributed by atoms with Gasteiger partial charge in [0.15, 0.2) is 0 Å². The van der Waals surface area contributed by atoms with Crippen LogP contribution in [0.4, 0.5) is 4.39 Å². The molecule has 2 aromatic rings. The van der Waals surface area contributed by atoms with Crippen LogP contribution in [0.3, 0.4) is 0 Å². The third-order valence-electron chi connectivity index (χ3n) is 4.63. The van der Waals surface area contributed by atoms with E-state index in [-0.39, 0.29) is 23.4 Å². The van der Waals surface area contributed by atoms with E-state index in [9.17, 15) is 14.0 Å². The first-order valence-electron chi connectivity index (χ1n) is 9.05. The van der Waals surface area contributed by atoms with Gasteiger partial charge in [-0.3, -0.25) is 9.59 Å². The van der Waals surface area contributed by atoms with Gasteiger partial charge in [-0.15, -0.1) is 0 Å². The van der Waals surface area contributed by atoms with E-state index < -0.39 is 17.8 Å². The van der Waals surface area contributed by atoms with Crippen molar-refractivity contribution >= 4 is 11.8 Å². The lowest BCUT2D eigenvalue weighted by atomic mass is 9.98. The number of para-hydroxylation sites is 1. The molecule has 2 N–H and O–H groups in total. The molecule has 142 valence electrons. The van der Waals surface area contributed by atoms with Gasteiger partial charge in [0.25, 0.3) is 5.91 Å². The Labute approximate surface area is 157 Å². The maximum absolute atomic E-state index is 13.9. The summed E-state index contributed by atoms with van der Waals surface area (Å²) in [6.07, 6.45) is 0.648. The molecule has 1 heterocycles. The first kappa shape index (κ1) is 18.9. The van der Waals surface area contributed by atoms with E-state index in [1.54, 1.807) is 6.07 Å². The second kappa shape index (κ2) is 8.20. The number of rotatable bonds is 5. The van der Waals surface area contributed by atoms with Gasteiger partial charge in [0.05, 0.1) is 18.2 Å². The van der Waals surface area contributed by atoms with Crippen LogP contribution in [0.1, 0.15) is 42.2 Å². The molecule has 0 saturated carbocycles. The topological polar surface area (TPSA) is 67.4 Å². The van der Waals surface area contributed by atoms with Crippen LogP contribution >= 0.6 is 0 Å². The summed E-state index contributed by atoms with van der Waals surface area (Å²) in [7, 11) is 0. The number of nitrogens with one attached hydrogen (secondary N) is 2. The highest BCUT2D eigenvalue weighted by Crippen LogP contribution is 2.31. The molecule has 2 atom stereocenters. The lowest BCUT2D eigenvalue weighted by Gasteiger charge is -2.29. The van der Waals surface area contributed by atoms with E-state index in [0.29, 0.717) is 13.0 Å². The molecule has 0 bridgehead atoms. The minimum Gasteiger partial charge on any atom is -0.493 e. The molecule has 2 aromatic carbocycles. The maximum atomic E-state index is 13.9. The molecule has 27 heavy (non-hydrogen) atoms. The summed E-state index contributed by atoms with van der Waals surface area (Å²) in [6.45, 7) is 4.18. The average molecular weight is 370 g/mol. The minimum atomic E-state index is -0.771.